The lowest BCUT2D eigenvalue weighted by molar-refractivity contribution is -0.125. The summed E-state index contributed by atoms with van der Waals surface area (Å²) in [6.45, 7) is 7.98. The van der Waals surface area contributed by atoms with Crippen molar-refractivity contribution in [1.29, 1.82) is 0 Å². The van der Waals surface area contributed by atoms with Crippen LogP contribution in [0.3, 0.4) is 0 Å². The molecule has 1 aromatic rings. The van der Waals surface area contributed by atoms with Gasteiger partial charge >= 0.3 is 0 Å². The Hall–Kier alpha value is -1.43. The predicted octanol–water partition coefficient (Wildman–Crippen LogP) is 0.734. The molecule has 0 bridgehead atoms. The number of hydrogen-bond acceptors (Lipinski definition) is 4. The molecule has 1 aliphatic heterocycles. The monoisotopic (exact) mass is 304 g/mol. The molecule has 4 N–H and O–H groups in total. The molecule has 0 aliphatic carbocycles. The Morgan fingerprint density at radius 1 is 1.32 bits per heavy atom. The first kappa shape index (κ1) is 16.9. The molecule has 5 heteroatoms. The molecule has 2 atom stereocenters. The van der Waals surface area contributed by atoms with E-state index in [1.54, 1.807) is 0 Å². The smallest absolute Gasteiger partial charge is 0.224 e. The zero-order valence-electron chi connectivity index (χ0n) is 13.4. The van der Waals surface area contributed by atoms with Crippen molar-refractivity contribution in [2.24, 2.45) is 11.7 Å². The van der Waals surface area contributed by atoms with Gasteiger partial charge in [-0.25, -0.2) is 0 Å². The van der Waals surface area contributed by atoms with Gasteiger partial charge in [0, 0.05) is 38.8 Å². The molecule has 5 nitrogen and oxygen atoms in total. The maximum absolute atomic E-state index is 12.2. The topological polar surface area (TPSA) is 70.4 Å². The van der Waals surface area contributed by atoms with Crippen molar-refractivity contribution in [3.8, 4) is 0 Å². The van der Waals surface area contributed by atoms with Crippen molar-refractivity contribution < 1.29 is 4.79 Å². The van der Waals surface area contributed by atoms with Crippen LogP contribution in [0.15, 0.2) is 30.3 Å². The summed E-state index contributed by atoms with van der Waals surface area (Å²) in [4.78, 5) is 14.6. The number of hydrogen-bond donors (Lipinski definition) is 3. The third-order valence-corrected chi connectivity index (χ3v) is 4.30. The predicted molar refractivity (Wildman–Crippen MR) is 89.5 cm³/mol. The molecule has 1 amide bonds. The molecule has 0 aromatic heterocycles. The maximum Gasteiger partial charge on any atom is 0.224 e. The second-order valence-corrected chi connectivity index (χ2v) is 5.96. The van der Waals surface area contributed by atoms with E-state index in [-0.39, 0.29) is 17.9 Å². The Morgan fingerprint density at radius 2 is 2.00 bits per heavy atom. The normalized spacial score (nSPS) is 18.6. The van der Waals surface area contributed by atoms with E-state index in [2.05, 4.69) is 15.5 Å². The van der Waals surface area contributed by atoms with E-state index < -0.39 is 0 Å². The van der Waals surface area contributed by atoms with E-state index in [0.717, 1.165) is 44.7 Å². The molecule has 0 saturated carbocycles. The molecular formula is C17H28N4O. The number of nitrogens with two attached hydrogens (primary N) is 1. The second kappa shape index (κ2) is 8.88. The number of piperazine rings is 1. The van der Waals surface area contributed by atoms with Crippen LogP contribution in [-0.4, -0.2) is 50.1 Å². The molecule has 1 fully saturated rings. The Balaban J connectivity index is 1.67. The maximum atomic E-state index is 12.2. The van der Waals surface area contributed by atoms with E-state index in [1.165, 1.54) is 0 Å². The van der Waals surface area contributed by atoms with Gasteiger partial charge in [-0.1, -0.05) is 37.3 Å². The van der Waals surface area contributed by atoms with Crippen LogP contribution < -0.4 is 16.4 Å². The van der Waals surface area contributed by atoms with Crippen LogP contribution in [0.5, 0.6) is 0 Å². The van der Waals surface area contributed by atoms with E-state index in [9.17, 15) is 4.79 Å². The van der Waals surface area contributed by atoms with Gasteiger partial charge in [0.25, 0.3) is 0 Å². The summed E-state index contributed by atoms with van der Waals surface area (Å²) in [5.74, 6) is -0.182. The van der Waals surface area contributed by atoms with Gasteiger partial charge in [-0.2, -0.15) is 0 Å². The number of nitrogens with zero attached hydrogens (tertiary/aromatic N) is 1. The molecule has 1 aromatic carbocycles. The summed E-state index contributed by atoms with van der Waals surface area (Å²) in [5, 5.41) is 6.35. The largest absolute Gasteiger partial charge is 0.356 e. The van der Waals surface area contributed by atoms with Crippen molar-refractivity contribution in [2.75, 3.05) is 39.3 Å². The number of rotatable bonds is 7. The third-order valence-electron chi connectivity index (χ3n) is 4.30. The van der Waals surface area contributed by atoms with Crippen LogP contribution in [0.2, 0.25) is 0 Å². The lowest BCUT2D eigenvalue weighted by Crippen LogP contribution is -2.44. The summed E-state index contributed by atoms with van der Waals surface area (Å²) < 4.78 is 0. The molecule has 1 saturated heterocycles. The lowest BCUT2D eigenvalue weighted by Gasteiger charge is -2.27. The Labute approximate surface area is 133 Å². The number of carbonyl (C=O) groups is 1. The summed E-state index contributed by atoms with van der Waals surface area (Å²) in [6.07, 6.45) is 0.985. The molecule has 1 aliphatic rings. The SMILES string of the molecule is CC(C(=O)NCCCN1CCNCC1)C(N)c1ccccc1. The van der Waals surface area contributed by atoms with Crippen LogP contribution in [0.4, 0.5) is 0 Å². The van der Waals surface area contributed by atoms with E-state index in [0.29, 0.717) is 6.54 Å². The zero-order valence-corrected chi connectivity index (χ0v) is 13.4. The van der Waals surface area contributed by atoms with Gasteiger partial charge in [0.2, 0.25) is 5.91 Å². The van der Waals surface area contributed by atoms with Gasteiger partial charge in [0.05, 0.1) is 5.92 Å². The van der Waals surface area contributed by atoms with Crippen LogP contribution >= 0.6 is 0 Å². The van der Waals surface area contributed by atoms with Gasteiger partial charge < -0.3 is 21.3 Å². The van der Waals surface area contributed by atoms with Gasteiger partial charge in [0.15, 0.2) is 0 Å². The molecule has 0 radical (unpaired) electrons. The third kappa shape index (κ3) is 5.09. The van der Waals surface area contributed by atoms with E-state index in [1.807, 2.05) is 37.3 Å². The number of benzene rings is 1. The van der Waals surface area contributed by atoms with Crippen LogP contribution in [0.25, 0.3) is 0 Å². The first-order chi connectivity index (χ1) is 10.7. The minimum atomic E-state index is -0.255. The summed E-state index contributed by atoms with van der Waals surface area (Å²) >= 11 is 0. The molecule has 2 rings (SSSR count). The Morgan fingerprint density at radius 3 is 2.68 bits per heavy atom. The summed E-state index contributed by atoms with van der Waals surface area (Å²) in [5.41, 5.74) is 7.19. The fourth-order valence-corrected chi connectivity index (χ4v) is 2.74. The fraction of sp³-hybridized carbons (Fsp3) is 0.588. The molecule has 0 spiro atoms. The van der Waals surface area contributed by atoms with Crippen LogP contribution in [0, 0.1) is 5.92 Å². The quantitative estimate of drug-likeness (QED) is 0.650. The van der Waals surface area contributed by atoms with Gasteiger partial charge in [0.1, 0.15) is 0 Å². The van der Waals surface area contributed by atoms with Crippen molar-refractivity contribution >= 4 is 5.91 Å². The highest BCUT2D eigenvalue weighted by atomic mass is 16.1. The van der Waals surface area contributed by atoms with Gasteiger partial charge in [-0.15, -0.1) is 0 Å². The van der Waals surface area contributed by atoms with Crippen molar-refractivity contribution in [1.82, 2.24) is 15.5 Å². The summed E-state index contributed by atoms with van der Waals surface area (Å²) in [7, 11) is 0. The molecule has 22 heavy (non-hydrogen) atoms. The average Bonchev–Trinajstić information content (AvgIpc) is 2.59. The standard InChI is InChI=1S/C17H28N4O/c1-14(16(18)15-6-3-2-4-7-15)17(22)20-8-5-11-21-12-9-19-10-13-21/h2-4,6-7,14,16,19H,5,8-13,18H2,1H3,(H,20,22). The van der Waals surface area contributed by atoms with E-state index >= 15 is 0 Å². The summed E-state index contributed by atoms with van der Waals surface area (Å²) in [6, 6.07) is 9.55. The fourth-order valence-electron chi connectivity index (χ4n) is 2.74. The minimum Gasteiger partial charge on any atom is -0.356 e. The highest BCUT2D eigenvalue weighted by Crippen LogP contribution is 2.18. The highest BCUT2D eigenvalue weighted by molar-refractivity contribution is 5.79. The first-order valence-corrected chi connectivity index (χ1v) is 8.20. The molecule has 1 heterocycles. The van der Waals surface area contributed by atoms with Gasteiger partial charge in [-0.05, 0) is 18.5 Å². The Bertz CT molecular complexity index is 445. The zero-order chi connectivity index (χ0) is 15.8. The molecule has 122 valence electrons. The first-order valence-electron chi connectivity index (χ1n) is 8.20. The van der Waals surface area contributed by atoms with E-state index in [4.69, 9.17) is 5.73 Å². The number of nitrogens with one attached hydrogen (secondary N) is 2. The molecule has 2 unspecified atom stereocenters. The van der Waals surface area contributed by atoms with Crippen molar-refractivity contribution in [3.05, 3.63) is 35.9 Å². The van der Waals surface area contributed by atoms with Crippen molar-refractivity contribution in [3.63, 3.8) is 0 Å². The molecular weight excluding hydrogens is 276 g/mol. The van der Waals surface area contributed by atoms with Gasteiger partial charge in [-0.3, -0.25) is 4.79 Å². The van der Waals surface area contributed by atoms with Crippen molar-refractivity contribution in [2.45, 2.75) is 19.4 Å². The lowest BCUT2D eigenvalue weighted by atomic mass is 9.95. The second-order valence-electron chi connectivity index (χ2n) is 5.96. The van der Waals surface area contributed by atoms with Crippen LogP contribution in [0.1, 0.15) is 24.9 Å². The average molecular weight is 304 g/mol. The Kier molecular flexibility index (Phi) is 6.83. The number of amides is 1. The van der Waals surface area contributed by atoms with Crippen LogP contribution in [-0.2, 0) is 4.79 Å². The number of carbonyl (C=O) groups excluding carboxylic acids is 1. The highest BCUT2D eigenvalue weighted by Gasteiger charge is 2.21. The minimum absolute atomic E-state index is 0.0386.